The van der Waals surface area contributed by atoms with Gasteiger partial charge in [0.05, 0.1) is 13.1 Å². The Hall–Kier alpha value is -1.32. The fourth-order valence-electron chi connectivity index (χ4n) is 2.64. The van der Waals surface area contributed by atoms with Crippen molar-refractivity contribution < 1.29 is 9.59 Å². The Kier molecular flexibility index (Phi) is 11.1. The highest BCUT2D eigenvalue weighted by molar-refractivity contribution is 6.04. The van der Waals surface area contributed by atoms with Crippen LogP contribution in [0.2, 0.25) is 0 Å². The Morgan fingerprint density at radius 2 is 0.929 bits per heavy atom. The number of nitrogens with zero attached hydrogens (tertiary/aromatic N) is 2. The quantitative estimate of drug-likeness (QED) is 0.321. The van der Waals surface area contributed by atoms with Crippen LogP contribution in [0.3, 0.4) is 0 Å². The van der Waals surface area contributed by atoms with E-state index in [0.717, 1.165) is 24.3 Å². The monoisotopic (exact) mass is 392 g/mol. The van der Waals surface area contributed by atoms with Gasteiger partial charge in [-0.1, -0.05) is 69.2 Å². The number of hydrogen-bond acceptors (Lipinski definition) is 4. The maximum absolute atomic E-state index is 12.4. The van der Waals surface area contributed by atoms with Crippen molar-refractivity contribution in [3.8, 4) is 0 Å². The minimum atomic E-state index is -0.340. The molecule has 0 saturated carbocycles. The lowest BCUT2D eigenvalue weighted by atomic mass is 9.86. The summed E-state index contributed by atoms with van der Waals surface area (Å²) >= 11 is 0. The summed E-state index contributed by atoms with van der Waals surface area (Å²) in [5.74, 6) is 1.39. The van der Waals surface area contributed by atoms with Gasteiger partial charge in [-0.15, -0.1) is 0 Å². The lowest BCUT2D eigenvalue weighted by molar-refractivity contribution is -0.125. The Bertz CT molecular complexity index is 518. The highest BCUT2D eigenvalue weighted by atomic mass is 16.1. The lowest BCUT2D eigenvalue weighted by Gasteiger charge is -2.18. The second-order valence-electron chi connectivity index (χ2n) is 10.8. The first-order valence-corrected chi connectivity index (χ1v) is 10.7. The summed E-state index contributed by atoms with van der Waals surface area (Å²) in [6.07, 6.45) is 2.53. The molecule has 0 saturated heterocycles. The molecular formula is C24H44N2O2. The molecule has 0 bridgehead atoms. The summed E-state index contributed by atoms with van der Waals surface area (Å²) in [6.45, 7) is 21.5. The number of Topliss-reactive ketones (excluding diaryl/α,β-unsaturated/α-hetero) is 2. The SMILES string of the molecule is CC(C)C/C(CC(=O)C(C)(C)C)=N/CC/N=C(/CC(=O)C(C)(C)C)CC(C)C. The van der Waals surface area contributed by atoms with Crippen molar-refractivity contribution in [2.45, 2.75) is 94.9 Å². The third kappa shape index (κ3) is 12.2. The third-order valence-electron chi connectivity index (χ3n) is 4.46. The highest BCUT2D eigenvalue weighted by Crippen LogP contribution is 2.20. The number of rotatable bonds is 11. The van der Waals surface area contributed by atoms with E-state index in [9.17, 15) is 9.59 Å². The molecule has 0 spiro atoms. The average Bonchev–Trinajstić information content (AvgIpc) is 2.47. The van der Waals surface area contributed by atoms with Crippen LogP contribution >= 0.6 is 0 Å². The van der Waals surface area contributed by atoms with E-state index in [1.807, 2.05) is 41.5 Å². The van der Waals surface area contributed by atoms with Crippen molar-refractivity contribution in [3.63, 3.8) is 0 Å². The molecule has 0 aliphatic heterocycles. The minimum absolute atomic E-state index is 0.228. The van der Waals surface area contributed by atoms with E-state index in [1.165, 1.54) is 0 Å². The van der Waals surface area contributed by atoms with Crippen LogP contribution in [0.1, 0.15) is 94.9 Å². The van der Waals surface area contributed by atoms with Crippen LogP contribution in [0, 0.1) is 22.7 Å². The van der Waals surface area contributed by atoms with E-state index >= 15 is 0 Å². The average molecular weight is 393 g/mol. The molecule has 0 fully saturated rings. The summed E-state index contributed by atoms with van der Waals surface area (Å²) in [5, 5.41) is 0. The van der Waals surface area contributed by atoms with Crippen LogP contribution in [0.4, 0.5) is 0 Å². The number of hydrogen-bond donors (Lipinski definition) is 0. The van der Waals surface area contributed by atoms with Crippen LogP contribution < -0.4 is 0 Å². The van der Waals surface area contributed by atoms with Gasteiger partial charge < -0.3 is 0 Å². The Labute approximate surface area is 173 Å². The van der Waals surface area contributed by atoms with Crippen molar-refractivity contribution in [3.05, 3.63) is 0 Å². The molecule has 0 aliphatic rings. The zero-order valence-electron chi connectivity index (χ0n) is 20.1. The topological polar surface area (TPSA) is 58.9 Å². The van der Waals surface area contributed by atoms with E-state index < -0.39 is 0 Å². The summed E-state index contributed by atoms with van der Waals surface area (Å²) in [4.78, 5) is 34.2. The number of carbonyl (C=O) groups excluding carboxylic acids is 2. The van der Waals surface area contributed by atoms with Crippen LogP contribution in [-0.2, 0) is 9.59 Å². The summed E-state index contributed by atoms with van der Waals surface area (Å²) in [7, 11) is 0. The Morgan fingerprint density at radius 3 is 1.14 bits per heavy atom. The fraction of sp³-hybridized carbons (Fsp3) is 0.833. The molecule has 4 nitrogen and oxygen atoms in total. The van der Waals surface area contributed by atoms with E-state index in [-0.39, 0.29) is 22.4 Å². The number of carbonyl (C=O) groups is 2. The predicted octanol–water partition coefficient (Wildman–Crippen LogP) is 5.97. The van der Waals surface area contributed by atoms with Crippen LogP contribution in [0.15, 0.2) is 9.98 Å². The molecule has 0 aromatic carbocycles. The van der Waals surface area contributed by atoms with Crippen molar-refractivity contribution >= 4 is 23.0 Å². The van der Waals surface area contributed by atoms with Crippen molar-refractivity contribution in [2.24, 2.45) is 32.7 Å². The Morgan fingerprint density at radius 1 is 0.643 bits per heavy atom. The van der Waals surface area contributed by atoms with Crippen molar-refractivity contribution in [2.75, 3.05) is 13.1 Å². The first kappa shape index (κ1) is 26.7. The number of ketones is 2. The van der Waals surface area contributed by atoms with Gasteiger partial charge in [-0.3, -0.25) is 19.6 Å². The van der Waals surface area contributed by atoms with Gasteiger partial charge in [-0.25, -0.2) is 0 Å². The minimum Gasteiger partial charge on any atom is -0.299 e. The van der Waals surface area contributed by atoms with Crippen molar-refractivity contribution in [1.29, 1.82) is 0 Å². The molecule has 0 aliphatic carbocycles. The second-order valence-corrected chi connectivity index (χ2v) is 10.8. The number of aliphatic imine (C=N–C) groups is 2. The second kappa shape index (κ2) is 11.6. The zero-order valence-corrected chi connectivity index (χ0v) is 20.1. The first-order valence-electron chi connectivity index (χ1n) is 10.7. The van der Waals surface area contributed by atoms with Crippen LogP contribution in [0.5, 0.6) is 0 Å². The molecule has 28 heavy (non-hydrogen) atoms. The van der Waals surface area contributed by atoms with Crippen LogP contribution in [0.25, 0.3) is 0 Å². The maximum Gasteiger partial charge on any atom is 0.143 e. The molecule has 162 valence electrons. The molecule has 0 aromatic rings. The summed E-state index contributed by atoms with van der Waals surface area (Å²) < 4.78 is 0. The van der Waals surface area contributed by atoms with Gasteiger partial charge in [0.2, 0.25) is 0 Å². The van der Waals surface area contributed by atoms with E-state index in [1.54, 1.807) is 0 Å². The fourth-order valence-corrected chi connectivity index (χ4v) is 2.64. The van der Waals surface area contributed by atoms with E-state index in [2.05, 4.69) is 27.7 Å². The molecule has 0 rings (SSSR count). The summed E-state index contributed by atoms with van der Waals surface area (Å²) in [5.41, 5.74) is 1.27. The van der Waals surface area contributed by atoms with Gasteiger partial charge >= 0.3 is 0 Å². The predicted molar refractivity (Wildman–Crippen MR) is 122 cm³/mol. The first-order chi connectivity index (χ1) is 12.6. The molecule has 4 heteroatoms. The van der Waals surface area contributed by atoms with Gasteiger partial charge in [-0.05, 0) is 24.7 Å². The maximum atomic E-state index is 12.4. The smallest absolute Gasteiger partial charge is 0.143 e. The van der Waals surface area contributed by atoms with Crippen molar-refractivity contribution in [1.82, 2.24) is 0 Å². The van der Waals surface area contributed by atoms with E-state index in [4.69, 9.17) is 9.98 Å². The zero-order chi connectivity index (χ0) is 22.1. The highest BCUT2D eigenvalue weighted by Gasteiger charge is 2.24. The summed E-state index contributed by atoms with van der Waals surface area (Å²) in [6, 6.07) is 0. The molecule has 0 N–H and O–H groups in total. The normalized spacial score (nSPS) is 14.1. The van der Waals surface area contributed by atoms with E-state index in [0.29, 0.717) is 37.8 Å². The molecule has 0 unspecified atom stereocenters. The van der Waals surface area contributed by atoms with Gasteiger partial charge in [0.25, 0.3) is 0 Å². The van der Waals surface area contributed by atoms with Crippen LogP contribution in [-0.4, -0.2) is 36.1 Å². The standard InChI is InChI=1S/C24H44N2O2/c1-17(2)13-19(15-21(27)23(5,6)7)25-11-12-26-20(14-18(3)4)16-22(28)24(8,9)10/h17-18H,11-16H2,1-10H3/b25-19-,26-20+. The largest absolute Gasteiger partial charge is 0.299 e. The molecule has 0 heterocycles. The van der Waals surface area contributed by atoms with Gasteiger partial charge in [0, 0.05) is 35.1 Å². The molecule has 0 aromatic heterocycles. The molecule has 0 atom stereocenters. The lowest BCUT2D eigenvalue weighted by Crippen LogP contribution is -2.24. The van der Waals surface area contributed by atoms with Gasteiger partial charge in [0.1, 0.15) is 11.6 Å². The molecule has 0 radical (unpaired) electrons. The molecular weight excluding hydrogens is 348 g/mol. The Balaban J connectivity index is 5.10. The van der Waals surface area contributed by atoms with Gasteiger partial charge in [0.15, 0.2) is 0 Å². The molecule has 0 amide bonds. The van der Waals surface area contributed by atoms with Gasteiger partial charge in [-0.2, -0.15) is 0 Å². The third-order valence-corrected chi connectivity index (χ3v) is 4.46.